The van der Waals surface area contributed by atoms with E-state index in [1.165, 1.54) is 11.1 Å². The zero-order valence-corrected chi connectivity index (χ0v) is 10.6. The van der Waals surface area contributed by atoms with E-state index in [1.807, 2.05) is 18.2 Å². The Kier molecular flexibility index (Phi) is 4.73. The number of hydrogen-bond donors (Lipinski definition) is 1. The second kappa shape index (κ2) is 6.77. The first-order chi connectivity index (χ1) is 8.84. The lowest BCUT2D eigenvalue weighted by molar-refractivity contribution is 0.302. The normalized spacial score (nSPS) is 10.3. The van der Waals surface area contributed by atoms with Gasteiger partial charge in [-0.05, 0) is 18.6 Å². The minimum absolute atomic E-state index is 0.628. The summed E-state index contributed by atoms with van der Waals surface area (Å²) in [5.74, 6) is 0.676. The van der Waals surface area contributed by atoms with Crippen LogP contribution in [-0.4, -0.2) is 18.1 Å². The molecule has 1 heterocycles. The van der Waals surface area contributed by atoms with Crippen LogP contribution >= 0.6 is 0 Å². The summed E-state index contributed by atoms with van der Waals surface area (Å²) in [5, 5.41) is 3.35. The Labute approximate surface area is 108 Å². The van der Waals surface area contributed by atoms with Crippen molar-refractivity contribution in [1.82, 2.24) is 10.3 Å². The topological polar surface area (TPSA) is 34.1 Å². The smallest absolute Gasteiger partial charge is 0.213 e. The fourth-order valence-corrected chi connectivity index (χ4v) is 1.72. The fraction of sp³-hybridized carbons (Fsp3) is 0.267. The third-order valence-corrected chi connectivity index (χ3v) is 2.58. The molecule has 3 heteroatoms. The standard InChI is InChI=1S/C15H18N2O/c1-13-5-4-6-14(11-13)12-16-9-10-18-15-7-2-3-8-17-15/h2-8,11,16H,9-10,12H2,1H3. The van der Waals surface area contributed by atoms with Crippen LogP contribution in [0, 0.1) is 6.92 Å². The SMILES string of the molecule is Cc1cccc(CNCCOc2ccccn2)c1. The molecule has 0 aliphatic rings. The summed E-state index contributed by atoms with van der Waals surface area (Å²) in [4.78, 5) is 4.10. The van der Waals surface area contributed by atoms with Crippen LogP contribution < -0.4 is 10.1 Å². The maximum absolute atomic E-state index is 5.49. The van der Waals surface area contributed by atoms with E-state index in [1.54, 1.807) is 6.20 Å². The van der Waals surface area contributed by atoms with Crippen LogP contribution in [0.1, 0.15) is 11.1 Å². The first-order valence-corrected chi connectivity index (χ1v) is 6.15. The van der Waals surface area contributed by atoms with Gasteiger partial charge in [0.15, 0.2) is 0 Å². The monoisotopic (exact) mass is 242 g/mol. The van der Waals surface area contributed by atoms with Gasteiger partial charge >= 0.3 is 0 Å². The second-order valence-corrected chi connectivity index (χ2v) is 4.18. The number of rotatable bonds is 6. The van der Waals surface area contributed by atoms with Crippen molar-refractivity contribution in [3.63, 3.8) is 0 Å². The summed E-state index contributed by atoms with van der Waals surface area (Å²) >= 11 is 0. The van der Waals surface area contributed by atoms with Gasteiger partial charge in [-0.3, -0.25) is 0 Å². The number of pyridine rings is 1. The quantitative estimate of drug-likeness (QED) is 0.790. The molecule has 0 fully saturated rings. The molecule has 0 amide bonds. The summed E-state index contributed by atoms with van der Waals surface area (Å²) in [6, 6.07) is 14.2. The first-order valence-electron chi connectivity index (χ1n) is 6.15. The fourth-order valence-electron chi connectivity index (χ4n) is 1.72. The van der Waals surface area contributed by atoms with Crippen molar-refractivity contribution < 1.29 is 4.74 Å². The molecule has 0 radical (unpaired) electrons. The second-order valence-electron chi connectivity index (χ2n) is 4.18. The van der Waals surface area contributed by atoms with E-state index in [2.05, 4.69) is 41.5 Å². The van der Waals surface area contributed by atoms with E-state index in [0.717, 1.165) is 13.1 Å². The molecule has 1 N–H and O–H groups in total. The van der Waals surface area contributed by atoms with Gasteiger partial charge in [0.1, 0.15) is 6.61 Å². The highest BCUT2D eigenvalue weighted by Crippen LogP contribution is 2.04. The average Bonchev–Trinajstić information content (AvgIpc) is 2.40. The molecule has 0 spiro atoms. The Bertz CT molecular complexity index is 471. The number of hydrogen-bond acceptors (Lipinski definition) is 3. The summed E-state index contributed by atoms with van der Waals surface area (Å²) in [5.41, 5.74) is 2.59. The lowest BCUT2D eigenvalue weighted by Crippen LogP contribution is -2.20. The molecule has 0 aliphatic carbocycles. The molecule has 2 rings (SSSR count). The zero-order valence-electron chi connectivity index (χ0n) is 10.6. The molecular weight excluding hydrogens is 224 g/mol. The van der Waals surface area contributed by atoms with Gasteiger partial charge in [0.2, 0.25) is 5.88 Å². The van der Waals surface area contributed by atoms with Crippen molar-refractivity contribution in [3.8, 4) is 5.88 Å². The largest absolute Gasteiger partial charge is 0.476 e. The van der Waals surface area contributed by atoms with E-state index in [0.29, 0.717) is 12.5 Å². The molecule has 2 aromatic rings. The van der Waals surface area contributed by atoms with Crippen molar-refractivity contribution in [3.05, 3.63) is 59.8 Å². The van der Waals surface area contributed by atoms with Gasteiger partial charge in [-0.15, -0.1) is 0 Å². The van der Waals surface area contributed by atoms with Crippen molar-refractivity contribution in [1.29, 1.82) is 0 Å². The highest BCUT2D eigenvalue weighted by atomic mass is 16.5. The summed E-state index contributed by atoms with van der Waals surface area (Å²) in [7, 11) is 0. The number of aryl methyl sites for hydroxylation is 1. The molecule has 0 aliphatic heterocycles. The molecule has 0 bridgehead atoms. The molecule has 0 unspecified atom stereocenters. The maximum atomic E-state index is 5.49. The van der Waals surface area contributed by atoms with E-state index >= 15 is 0 Å². The summed E-state index contributed by atoms with van der Waals surface area (Å²) in [6.07, 6.45) is 1.73. The van der Waals surface area contributed by atoms with Crippen LogP contribution in [0.15, 0.2) is 48.7 Å². The number of benzene rings is 1. The minimum Gasteiger partial charge on any atom is -0.476 e. The summed E-state index contributed by atoms with van der Waals surface area (Å²) < 4.78 is 5.49. The lowest BCUT2D eigenvalue weighted by atomic mass is 10.1. The zero-order chi connectivity index (χ0) is 12.6. The molecule has 18 heavy (non-hydrogen) atoms. The van der Waals surface area contributed by atoms with Gasteiger partial charge in [0.25, 0.3) is 0 Å². The number of ether oxygens (including phenoxy) is 1. The van der Waals surface area contributed by atoms with Gasteiger partial charge < -0.3 is 10.1 Å². The van der Waals surface area contributed by atoms with E-state index < -0.39 is 0 Å². The van der Waals surface area contributed by atoms with Crippen LogP contribution in [0.2, 0.25) is 0 Å². The minimum atomic E-state index is 0.628. The van der Waals surface area contributed by atoms with Crippen molar-refractivity contribution >= 4 is 0 Å². The predicted molar refractivity (Wildman–Crippen MR) is 72.6 cm³/mol. The Morgan fingerprint density at radius 1 is 1.17 bits per heavy atom. The molecular formula is C15H18N2O. The number of nitrogens with zero attached hydrogens (tertiary/aromatic N) is 1. The van der Waals surface area contributed by atoms with Crippen LogP contribution in [0.4, 0.5) is 0 Å². The molecule has 3 nitrogen and oxygen atoms in total. The van der Waals surface area contributed by atoms with Gasteiger partial charge in [0, 0.05) is 25.4 Å². The van der Waals surface area contributed by atoms with E-state index in [9.17, 15) is 0 Å². The molecule has 94 valence electrons. The molecule has 1 aromatic carbocycles. The third-order valence-electron chi connectivity index (χ3n) is 2.58. The Hall–Kier alpha value is -1.87. The van der Waals surface area contributed by atoms with Crippen LogP contribution in [0.5, 0.6) is 5.88 Å². The molecule has 0 saturated heterocycles. The van der Waals surface area contributed by atoms with Gasteiger partial charge in [-0.25, -0.2) is 4.98 Å². The van der Waals surface area contributed by atoms with Gasteiger partial charge in [-0.2, -0.15) is 0 Å². The van der Waals surface area contributed by atoms with Crippen molar-refractivity contribution in [2.75, 3.05) is 13.2 Å². The predicted octanol–water partition coefficient (Wildman–Crippen LogP) is 2.56. The lowest BCUT2D eigenvalue weighted by Gasteiger charge is -2.07. The van der Waals surface area contributed by atoms with E-state index in [4.69, 9.17) is 4.74 Å². The average molecular weight is 242 g/mol. The van der Waals surface area contributed by atoms with E-state index in [-0.39, 0.29) is 0 Å². The Morgan fingerprint density at radius 3 is 2.89 bits per heavy atom. The number of aromatic nitrogens is 1. The molecule has 0 atom stereocenters. The van der Waals surface area contributed by atoms with Crippen molar-refractivity contribution in [2.45, 2.75) is 13.5 Å². The van der Waals surface area contributed by atoms with Crippen LogP contribution in [-0.2, 0) is 6.54 Å². The Balaban J connectivity index is 1.65. The highest BCUT2D eigenvalue weighted by Gasteiger charge is 1.94. The summed E-state index contributed by atoms with van der Waals surface area (Å²) in [6.45, 7) is 4.41. The van der Waals surface area contributed by atoms with Gasteiger partial charge in [0.05, 0.1) is 0 Å². The Morgan fingerprint density at radius 2 is 2.11 bits per heavy atom. The highest BCUT2D eigenvalue weighted by molar-refractivity contribution is 5.21. The first kappa shape index (κ1) is 12.6. The molecule has 0 saturated carbocycles. The molecule has 1 aromatic heterocycles. The number of nitrogens with one attached hydrogen (secondary N) is 1. The third kappa shape index (κ3) is 4.18. The maximum Gasteiger partial charge on any atom is 0.213 e. The van der Waals surface area contributed by atoms with Crippen molar-refractivity contribution in [2.24, 2.45) is 0 Å². The van der Waals surface area contributed by atoms with Crippen LogP contribution in [0.3, 0.4) is 0 Å². The van der Waals surface area contributed by atoms with Crippen LogP contribution in [0.25, 0.3) is 0 Å². The van der Waals surface area contributed by atoms with Gasteiger partial charge in [-0.1, -0.05) is 35.9 Å².